The average Bonchev–Trinajstić information content (AvgIpc) is 2.43. The molecule has 0 unspecified atom stereocenters. The highest BCUT2D eigenvalue weighted by Crippen LogP contribution is 2.26. The zero-order valence-corrected chi connectivity index (χ0v) is 14.1. The number of fused-ring (bicyclic) bond motifs is 1. The zero-order valence-electron chi connectivity index (χ0n) is 12.6. The Labute approximate surface area is 133 Å². The highest BCUT2D eigenvalue weighted by Gasteiger charge is 2.36. The molecule has 114 valence electrons. The van der Waals surface area contributed by atoms with E-state index in [0.717, 1.165) is 11.1 Å². The van der Waals surface area contributed by atoms with Crippen molar-refractivity contribution in [2.45, 2.75) is 45.4 Å². The van der Waals surface area contributed by atoms with Crippen LogP contribution in [0.4, 0.5) is 4.79 Å². The van der Waals surface area contributed by atoms with Gasteiger partial charge in [0.1, 0.15) is 5.60 Å². The van der Waals surface area contributed by atoms with E-state index >= 15 is 0 Å². The molecule has 0 aromatic heterocycles. The molecular formula is C16H20BrNO3. The summed E-state index contributed by atoms with van der Waals surface area (Å²) in [5, 5.41) is 0.235. The second-order valence-corrected chi connectivity index (χ2v) is 6.76. The van der Waals surface area contributed by atoms with Gasteiger partial charge in [0.25, 0.3) is 0 Å². The van der Waals surface area contributed by atoms with Gasteiger partial charge in [-0.1, -0.05) is 40.2 Å². The predicted molar refractivity (Wildman–Crippen MR) is 84.5 cm³/mol. The first-order valence-corrected chi connectivity index (χ1v) is 8.09. The van der Waals surface area contributed by atoms with Crippen LogP contribution in [0.5, 0.6) is 0 Å². The number of benzene rings is 1. The summed E-state index contributed by atoms with van der Waals surface area (Å²) in [6.45, 7) is 5.88. The van der Waals surface area contributed by atoms with Crippen molar-refractivity contribution in [3.05, 3.63) is 35.4 Å². The number of nitrogens with zero attached hydrogens (tertiary/aromatic N) is 1. The first-order valence-electron chi connectivity index (χ1n) is 6.97. The smallest absolute Gasteiger partial charge is 0.411 e. The molecule has 1 amide bonds. The SMILES string of the molecule is CC(C)(C)OC(=O)N1Cc2ccccc2C[C@@H]1C(=O)CBr. The lowest BCUT2D eigenvalue weighted by molar-refractivity contribution is -0.122. The predicted octanol–water partition coefficient (Wildman–Crippen LogP) is 3.31. The number of carbonyl (C=O) groups is 2. The van der Waals surface area contributed by atoms with Crippen LogP contribution in [0.15, 0.2) is 24.3 Å². The van der Waals surface area contributed by atoms with Gasteiger partial charge in [-0.2, -0.15) is 0 Å². The molecule has 4 nitrogen and oxygen atoms in total. The van der Waals surface area contributed by atoms with Crippen molar-refractivity contribution >= 4 is 27.8 Å². The number of amides is 1. The molecule has 5 heteroatoms. The normalized spacial score (nSPS) is 18.1. The minimum atomic E-state index is -0.573. The Balaban J connectivity index is 2.28. The van der Waals surface area contributed by atoms with E-state index in [-0.39, 0.29) is 11.1 Å². The van der Waals surface area contributed by atoms with Crippen LogP contribution in [0.1, 0.15) is 31.9 Å². The van der Waals surface area contributed by atoms with E-state index in [0.29, 0.717) is 13.0 Å². The molecular weight excluding hydrogens is 334 g/mol. The number of ether oxygens (including phenoxy) is 1. The largest absolute Gasteiger partial charge is 0.444 e. The topological polar surface area (TPSA) is 46.6 Å². The number of ketones is 1. The molecule has 0 N–H and O–H groups in total. The van der Waals surface area contributed by atoms with Gasteiger partial charge in [-0.05, 0) is 31.9 Å². The fraction of sp³-hybridized carbons (Fsp3) is 0.500. The summed E-state index contributed by atoms with van der Waals surface area (Å²) in [6.07, 6.45) is 0.108. The highest BCUT2D eigenvalue weighted by atomic mass is 79.9. The third-order valence-corrected chi connectivity index (χ3v) is 3.93. The minimum absolute atomic E-state index is 0.00429. The summed E-state index contributed by atoms with van der Waals surface area (Å²) in [6, 6.07) is 7.43. The average molecular weight is 354 g/mol. The third kappa shape index (κ3) is 3.84. The molecule has 0 radical (unpaired) electrons. The Hall–Kier alpha value is -1.36. The first kappa shape index (κ1) is 16.0. The lowest BCUT2D eigenvalue weighted by atomic mass is 9.92. The second-order valence-electron chi connectivity index (χ2n) is 6.20. The van der Waals surface area contributed by atoms with Crippen LogP contribution < -0.4 is 0 Å². The van der Waals surface area contributed by atoms with Crippen LogP contribution in [-0.2, 0) is 22.5 Å². The molecule has 1 heterocycles. The molecule has 0 saturated carbocycles. The number of hydrogen-bond donors (Lipinski definition) is 0. The van der Waals surface area contributed by atoms with E-state index < -0.39 is 17.7 Å². The summed E-state index contributed by atoms with van der Waals surface area (Å²) in [7, 11) is 0. The number of Topliss-reactive ketones (excluding diaryl/α,β-unsaturated/α-hetero) is 1. The van der Waals surface area contributed by atoms with Crippen LogP contribution >= 0.6 is 15.9 Å². The Morgan fingerprint density at radius 3 is 2.48 bits per heavy atom. The molecule has 21 heavy (non-hydrogen) atoms. The highest BCUT2D eigenvalue weighted by molar-refractivity contribution is 9.09. The van der Waals surface area contributed by atoms with Crippen LogP contribution in [-0.4, -0.2) is 33.7 Å². The van der Waals surface area contributed by atoms with E-state index in [1.54, 1.807) is 0 Å². The van der Waals surface area contributed by atoms with Gasteiger partial charge in [-0.15, -0.1) is 0 Å². The van der Waals surface area contributed by atoms with E-state index in [2.05, 4.69) is 15.9 Å². The first-order chi connectivity index (χ1) is 9.81. The fourth-order valence-electron chi connectivity index (χ4n) is 2.41. The summed E-state index contributed by atoms with van der Waals surface area (Å²) < 4.78 is 5.44. The maximum Gasteiger partial charge on any atom is 0.411 e. The molecule has 1 aromatic rings. The van der Waals surface area contributed by atoms with Crippen molar-refractivity contribution in [1.82, 2.24) is 4.90 Å². The lowest BCUT2D eigenvalue weighted by Crippen LogP contribution is -2.50. The lowest BCUT2D eigenvalue weighted by Gasteiger charge is -2.36. The Bertz CT molecular complexity index is 551. The Morgan fingerprint density at radius 1 is 1.29 bits per heavy atom. The number of rotatable bonds is 2. The molecule has 0 bridgehead atoms. The molecule has 0 saturated heterocycles. The van der Waals surface area contributed by atoms with Crippen LogP contribution in [0.25, 0.3) is 0 Å². The third-order valence-electron chi connectivity index (χ3n) is 3.38. The maximum absolute atomic E-state index is 12.4. The van der Waals surface area contributed by atoms with Crippen molar-refractivity contribution in [2.75, 3.05) is 5.33 Å². The quantitative estimate of drug-likeness (QED) is 0.766. The number of alkyl halides is 1. The van der Waals surface area contributed by atoms with Gasteiger partial charge in [0, 0.05) is 6.42 Å². The molecule has 1 aliphatic heterocycles. The van der Waals surface area contributed by atoms with Gasteiger partial charge >= 0.3 is 6.09 Å². The molecule has 1 atom stereocenters. The van der Waals surface area contributed by atoms with Gasteiger partial charge in [-0.3, -0.25) is 9.69 Å². The molecule has 0 fully saturated rings. The van der Waals surface area contributed by atoms with Crippen LogP contribution in [0.3, 0.4) is 0 Å². The number of halogens is 1. The van der Waals surface area contributed by atoms with Gasteiger partial charge in [-0.25, -0.2) is 4.79 Å². The van der Waals surface area contributed by atoms with Gasteiger partial charge < -0.3 is 4.74 Å². The van der Waals surface area contributed by atoms with E-state index in [1.807, 2.05) is 45.0 Å². The van der Waals surface area contributed by atoms with Gasteiger partial charge in [0.15, 0.2) is 5.78 Å². The van der Waals surface area contributed by atoms with E-state index in [9.17, 15) is 9.59 Å². The van der Waals surface area contributed by atoms with Gasteiger partial charge in [0.05, 0.1) is 17.9 Å². The maximum atomic E-state index is 12.4. The van der Waals surface area contributed by atoms with Crippen molar-refractivity contribution in [1.29, 1.82) is 0 Å². The van der Waals surface area contributed by atoms with Crippen LogP contribution in [0.2, 0.25) is 0 Å². The minimum Gasteiger partial charge on any atom is -0.444 e. The number of hydrogen-bond acceptors (Lipinski definition) is 3. The number of carbonyl (C=O) groups excluding carboxylic acids is 2. The van der Waals surface area contributed by atoms with Crippen LogP contribution in [0, 0.1) is 0 Å². The van der Waals surface area contributed by atoms with Crippen molar-refractivity contribution < 1.29 is 14.3 Å². The summed E-state index contributed by atoms with van der Waals surface area (Å²) in [4.78, 5) is 26.1. The van der Waals surface area contributed by atoms with Crippen molar-refractivity contribution in [3.8, 4) is 0 Å². The van der Waals surface area contributed by atoms with Crippen molar-refractivity contribution in [3.63, 3.8) is 0 Å². The summed E-state index contributed by atoms with van der Waals surface area (Å²) in [5.41, 5.74) is 1.62. The molecule has 0 aliphatic carbocycles. The molecule has 0 spiro atoms. The van der Waals surface area contributed by atoms with Gasteiger partial charge in [0.2, 0.25) is 0 Å². The van der Waals surface area contributed by atoms with E-state index in [1.165, 1.54) is 4.90 Å². The molecule has 1 aliphatic rings. The Morgan fingerprint density at radius 2 is 1.90 bits per heavy atom. The van der Waals surface area contributed by atoms with Crippen molar-refractivity contribution in [2.24, 2.45) is 0 Å². The Kier molecular flexibility index (Phi) is 4.71. The zero-order chi connectivity index (χ0) is 15.6. The fourth-order valence-corrected chi connectivity index (χ4v) is 2.79. The standard InChI is InChI=1S/C16H20BrNO3/c1-16(2,3)21-15(20)18-10-12-7-5-4-6-11(12)8-13(18)14(19)9-17/h4-7,13H,8-10H2,1-3H3/t13-/m1/s1. The summed E-state index contributed by atoms with van der Waals surface area (Å²) >= 11 is 3.20. The second kappa shape index (κ2) is 6.18. The van der Waals surface area contributed by atoms with E-state index in [4.69, 9.17) is 4.74 Å². The molecule has 2 rings (SSSR count). The molecule has 1 aromatic carbocycles. The summed E-state index contributed by atoms with van der Waals surface area (Å²) in [5.74, 6) is -0.00429. The monoisotopic (exact) mass is 353 g/mol.